The van der Waals surface area contributed by atoms with Crippen molar-refractivity contribution in [1.29, 1.82) is 0 Å². The minimum atomic E-state index is -3.36. The highest BCUT2D eigenvalue weighted by atomic mass is 79.9. The maximum atomic E-state index is 11.1. The zero-order valence-corrected chi connectivity index (χ0v) is 9.47. The average Bonchev–Trinajstić information content (AvgIpc) is 2.16. The summed E-state index contributed by atoms with van der Waals surface area (Å²) in [5.41, 5.74) is 0. The lowest BCUT2D eigenvalue weighted by molar-refractivity contribution is 0.171. The van der Waals surface area contributed by atoms with Crippen molar-refractivity contribution in [3.63, 3.8) is 0 Å². The predicted molar refractivity (Wildman–Crippen MR) is 53.5 cm³/mol. The lowest BCUT2D eigenvalue weighted by atomic mass is 10.3. The quantitative estimate of drug-likeness (QED) is 0.732. The second-order valence-electron chi connectivity index (χ2n) is 2.74. The van der Waals surface area contributed by atoms with Crippen molar-refractivity contribution in [2.45, 2.75) is 4.90 Å². The van der Waals surface area contributed by atoms with Gasteiger partial charge in [0.15, 0.2) is 11.5 Å². The fraction of sp³-hybridized carbons (Fsp3) is 0.250. The van der Waals surface area contributed by atoms with E-state index in [4.69, 9.17) is 9.47 Å². The average molecular weight is 279 g/mol. The first-order chi connectivity index (χ1) is 6.57. The van der Waals surface area contributed by atoms with Gasteiger partial charge in [0, 0.05) is 6.07 Å². The molecule has 6 heteroatoms. The van der Waals surface area contributed by atoms with Crippen LogP contribution in [-0.2, 0) is 8.27 Å². The summed E-state index contributed by atoms with van der Waals surface area (Å²) in [6.07, 6.45) is 0. The second-order valence-corrected chi connectivity index (χ2v) is 6.65. The topological polar surface area (TPSA) is 52.6 Å². The Balaban J connectivity index is 2.49. The highest BCUT2D eigenvalue weighted by molar-refractivity contribution is 9.47. The first-order valence-corrected chi connectivity index (χ1v) is 7.24. The van der Waals surface area contributed by atoms with Crippen LogP contribution in [0.15, 0.2) is 23.1 Å². The minimum Gasteiger partial charge on any atom is -0.486 e. The van der Waals surface area contributed by atoms with E-state index in [1.54, 1.807) is 6.07 Å². The van der Waals surface area contributed by atoms with Crippen LogP contribution in [0.25, 0.3) is 0 Å². The van der Waals surface area contributed by atoms with Gasteiger partial charge in [-0.25, -0.2) is 8.42 Å². The smallest absolute Gasteiger partial charge is 0.237 e. The van der Waals surface area contributed by atoms with Gasteiger partial charge in [-0.15, -0.1) is 0 Å². The van der Waals surface area contributed by atoms with Crippen LogP contribution < -0.4 is 9.47 Å². The molecule has 0 N–H and O–H groups in total. The molecule has 76 valence electrons. The van der Waals surface area contributed by atoms with E-state index in [1.165, 1.54) is 12.1 Å². The normalized spacial score (nSPS) is 15.2. The first kappa shape index (κ1) is 9.79. The highest BCUT2D eigenvalue weighted by Gasteiger charge is 2.16. The Morgan fingerprint density at radius 1 is 1.14 bits per heavy atom. The van der Waals surface area contributed by atoms with Gasteiger partial charge in [-0.3, -0.25) is 0 Å². The number of halogens is 1. The molecule has 0 atom stereocenters. The molecule has 4 nitrogen and oxygen atoms in total. The lowest BCUT2D eigenvalue weighted by Crippen LogP contribution is -2.15. The third-order valence-electron chi connectivity index (χ3n) is 1.80. The van der Waals surface area contributed by atoms with Crippen molar-refractivity contribution in [2.24, 2.45) is 0 Å². The standard InChI is InChI=1S/C8H7BrO4S/c9-14(10,11)6-1-2-7-8(5-6)13-4-3-12-7/h1-2,5H,3-4H2. The molecule has 0 unspecified atom stereocenters. The summed E-state index contributed by atoms with van der Waals surface area (Å²) in [6.45, 7) is 0.937. The maximum Gasteiger partial charge on any atom is 0.237 e. The molecule has 0 saturated carbocycles. The van der Waals surface area contributed by atoms with E-state index in [0.29, 0.717) is 24.7 Å². The molecule has 14 heavy (non-hydrogen) atoms. The van der Waals surface area contributed by atoms with Crippen LogP contribution in [0.3, 0.4) is 0 Å². The molecule has 1 aliphatic heterocycles. The summed E-state index contributed by atoms with van der Waals surface area (Å²) in [5, 5.41) is 0. The van der Waals surface area contributed by atoms with Crippen molar-refractivity contribution < 1.29 is 17.9 Å². The maximum absolute atomic E-state index is 11.1. The molecule has 0 fully saturated rings. The van der Waals surface area contributed by atoms with Gasteiger partial charge in [-0.2, -0.15) is 0 Å². The van der Waals surface area contributed by atoms with Gasteiger partial charge in [0.1, 0.15) is 13.2 Å². The largest absolute Gasteiger partial charge is 0.486 e. The van der Waals surface area contributed by atoms with Gasteiger partial charge >= 0.3 is 0 Å². The van der Waals surface area contributed by atoms with Crippen LogP contribution >= 0.6 is 14.8 Å². The van der Waals surface area contributed by atoms with E-state index in [0.717, 1.165) is 0 Å². The third-order valence-corrected chi connectivity index (χ3v) is 3.73. The Kier molecular flexibility index (Phi) is 2.40. The molecular weight excluding hydrogens is 272 g/mol. The summed E-state index contributed by atoms with van der Waals surface area (Å²) in [6, 6.07) is 4.50. The molecule has 0 aliphatic carbocycles. The molecule has 1 aromatic rings. The molecule has 0 radical (unpaired) electrons. The van der Waals surface area contributed by atoms with E-state index in [-0.39, 0.29) is 4.90 Å². The van der Waals surface area contributed by atoms with Crippen molar-refractivity contribution >= 4 is 23.1 Å². The fourth-order valence-corrected chi connectivity index (χ4v) is 2.26. The summed E-state index contributed by atoms with van der Waals surface area (Å²) in [7, 11) is -3.36. The van der Waals surface area contributed by atoms with Crippen molar-refractivity contribution in [2.75, 3.05) is 13.2 Å². The summed E-state index contributed by atoms with van der Waals surface area (Å²) < 4.78 is 32.8. The Bertz CT molecular complexity index is 454. The number of hydrogen-bond donors (Lipinski definition) is 0. The lowest BCUT2D eigenvalue weighted by Gasteiger charge is -2.18. The van der Waals surface area contributed by atoms with Gasteiger partial charge < -0.3 is 9.47 Å². The number of hydrogen-bond acceptors (Lipinski definition) is 4. The monoisotopic (exact) mass is 278 g/mol. The van der Waals surface area contributed by atoms with Crippen LogP contribution in [0.4, 0.5) is 0 Å². The van der Waals surface area contributed by atoms with E-state index in [1.807, 2.05) is 0 Å². The molecule has 0 spiro atoms. The van der Waals surface area contributed by atoms with E-state index in [9.17, 15) is 8.42 Å². The number of fused-ring (bicyclic) bond motifs is 1. The van der Waals surface area contributed by atoms with Crippen molar-refractivity contribution in [1.82, 2.24) is 0 Å². The van der Waals surface area contributed by atoms with Crippen LogP contribution in [-0.4, -0.2) is 21.6 Å². The van der Waals surface area contributed by atoms with Gasteiger partial charge in [-0.1, -0.05) is 0 Å². The van der Waals surface area contributed by atoms with Crippen molar-refractivity contribution in [3.05, 3.63) is 18.2 Å². The number of benzene rings is 1. The number of rotatable bonds is 1. The highest BCUT2D eigenvalue weighted by Crippen LogP contribution is 2.33. The first-order valence-electron chi connectivity index (χ1n) is 3.92. The predicted octanol–water partition coefficient (Wildman–Crippen LogP) is 1.54. The zero-order chi connectivity index (χ0) is 10.2. The van der Waals surface area contributed by atoms with Gasteiger partial charge in [0.25, 0.3) is 0 Å². The van der Waals surface area contributed by atoms with Crippen LogP contribution in [0.2, 0.25) is 0 Å². The van der Waals surface area contributed by atoms with Crippen LogP contribution in [0.5, 0.6) is 11.5 Å². The van der Waals surface area contributed by atoms with Gasteiger partial charge in [-0.05, 0) is 12.1 Å². The summed E-state index contributed by atoms with van der Waals surface area (Å²) in [4.78, 5) is 0.168. The van der Waals surface area contributed by atoms with E-state index < -0.39 is 8.27 Å². The fourth-order valence-electron chi connectivity index (χ4n) is 1.18. The summed E-state index contributed by atoms with van der Waals surface area (Å²) in [5.74, 6) is 1.05. The molecule has 0 amide bonds. The van der Waals surface area contributed by atoms with Gasteiger partial charge in [0.05, 0.1) is 19.7 Å². The molecule has 1 aliphatic rings. The molecule has 0 bridgehead atoms. The number of ether oxygens (including phenoxy) is 2. The Morgan fingerprint density at radius 2 is 1.79 bits per heavy atom. The zero-order valence-electron chi connectivity index (χ0n) is 7.07. The Morgan fingerprint density at radius 3 is 2.43 bits per heavy atom. The van der Waals surface area contributed by atoms with Crippen molar-refractivity contribution in [3.8, 4) is 11.5 Å². The Hall–Kier alpha value is -0.750. The Labute approximate surface area is 89.0 Å². The van der Waals surface area contributed by atoms with Crippen LogP contribution in [0, 0.1) is 0 Å². The molecule has 1 heterocycles. The molecule has 0 saturated heterocycles. The molecule has 0 aromatic heterocycles. The molecule has 2 rings (SSSR count). The van der Waals surface area contributed by atoms with E-state index >= 15 is 0 Å². The van der Waals surface area contributed by atoms with E-state index in [2.05, 4.69) is 14.8 Å². The van der Waals surface area contributed by atoms with Crippen LogP contribution in [0.1, 0.15) is 0 Å². The molecule has 1 aromatic carbocycles. The second kappa shape index (κ2) is 3.43. The third kappa shape index (κ3) is 1.85. The summed E-state index contributed by atoms with van der Waals surface area (Å²) >= 11 is 2.59. The minimum absolute atomic E-state index is 0.168. The molecular formula is C8H7BrO4S. The van der Waals surface area contributed by atoms with Gasteiger partial charge in [0.2, 0.25) is 8.27 Å². The SMILES string of the molecule is O=S(=O)(Br)c1ccc2c(c1)OCCO2.